The van der Waals surface area contributed by atoms with E-state index < -0.39 is 0 Å². The average Bonchev–Trinajstić information content (AvgIpc) is 2.50. The Balaban J connectivity index is 2.28. The van der Waals surface area contributed by atoms with Crippen LogP contribution in [-0.2, 0) is 0 Å². The van der Waals surface area contributed by atoms with Gasteiger partial charge in [0, 0.05) is 12.6 Å². The van der Waals surface area contributed by atoms with E-state index in [1.165, 1.54) is 25.9 Å². The third-order valence-corrected chi connectivity index (χ3v) is 3.20. The second kappa shape index (κ2) is 4.97. The van der Waals surface area contributed by atoms with Gasteiger partial charge in [-0.3, -0.25) is 0 Å². The van der Waals surface area contributed by atoms with E-state index in [1.807, 2.05) is 6.92 Å². The fraction of sp³-hybridized carbons (Fsp3) is 1.00. The highest BCUT2D eigenvalue weighted by molar-refractivity contribution is 4.79. The number of likely N-dealkylation sites (tertiary alicyclic amines) is 1. The Morgan fingerprint density at radius 3 is 2.62 bits per heavy atom. The first-order valence-electron chi connectivity index (χ1n) is 5.55. The normalized spacial score (nSPS) is 29.1. The van der Waals surface area contributed by atoms with Crippen LogP contribution in [0.1, 0.15) is 40.0 Å². The maximum absolute atomic E-state index is 9.28. The first-order valence-corrected chi connectivity index (χ1v) is 5.55. The largest absolute Gasteiger partial charge is 0.393 e. The number of aliphatic hydroxyl groups is 1. The molecule has 0 aromatic rings. The van der Waals surface area contributed by atoms with Crippen molar-refractivity contribution in [3.63, 3.8) is 0 Å². The van der Waals surface area contributed by atoms with E-state index in [0.717, 1.165) is 12.3 Å². The summed E-state index contributed by atoms with van der Waals surface area (Å²) in [5.74, 6) is 0.899. The van der Waals surface area contributed by atoms with Crippen LogP contribution in [0.3, 0.4) is 0 Å². The SMILES string of the molecule is CCC1CCN(C(C)CC(C)O)C1. The fourth-order valence-electron chi connectivity index (χ4n) is 2.24. The van der Waals surface area contributed by atoms with Gasteiger partial charge in [0.1, 0.15) is 0 Å². The lowest BCUT2D eigenvalue weighted by Crippen LogP contribution is -2.33. The molecule has 2 heteroatoms. The predicted octanol–water partition coefficient (Wildman–Crippen LogP) is 1.88. The number of hydrogen-bond acceptors (Lipinski definition) is 2. The molecule has 13 heavy (non-hydrogen) atoms. The molecule has 1 fully saturated rings. The van der Waals surface area contributed by atoms with Crippen LogP contribution in [0.5, 0.6) is 0 Å². The Morgan fingerprint density at radius 2 is 2.15 bits per heavy atom. The summed E-state index contributed by atoms with van der Waals surface area (Å²) >= 11 is 0. The second-order valence-corrected chi connectivity index (χ2v) is 4.49. The molecule has 0 bridgehead atoms. The molecule has 0 aromatic carbocycles. The summed E-state index contributed by atoms with van der Waals surface area (Å²) in [5.41, 5.74) is 0. The Labute approximate surface area is 81.9 Å². The van der Waals surface area contributed by atoms with Gasteiger partial charge < -0.3 is 10.0 Å². The Bertz CT molecular complexity index is 147. The molecule has 0 aromatic heterocycles. The quantitative estimate of drug-likeness (QED) is 0.723. The van der Waals surface area contributed by atoms with Crippen LogP contribution in [-0.4, -0.2) is 35.2 Å². The average molecular weight is 185 g/mol. The fourth-order valence-corrected chi connectivity index (χ4v) is 2.24. The summed E-state index contributed by atoms with van der Waals surface area (Å²) in [6.45, 7) is 8.85. The molecule has 1 N–H and O–H groups in total. The molecule has 3 unspecified atom stereocenters. The zero-order chi connectivity index (χ0) is 9.84. The standard InChI is InChI=1S/C11H23NO/c1-4-11-5-6-12(8-11)9(2)7-10(3)13/h9-11,13H,4-8H2,1-3H3. The van der Waals surface area contributed by atoms with E-state index in [2.05, 4.69) is 18.7 Å². The lowest BCUT2D eigenvalue weighted by molar-refractivity contribution is 0.131. The van der Waals surface area contributed by atoms with E-state index in [9.17, 15) is 5.11 Å². The third kappa shape index (κ3) is 3.28. The van der Waals surface area contributed by atoms with Crippen molar-refractivity contribution in [2.75, 3.05) is 13.1 Å². The minimum absolute atomic E-state index is 0.157. The van der Waals surface area contributed by atoms with Gasteiger partial charge in [-0.15, -0.1) is 0 Å². The van der Waals surface area contributed by atoms with Crippen LogP contribution in [0.4, 0.5) is 0 Å². The molecule has 0 radical (unpaired) electrons. The molecular formula is C11H23NO. The number of aliphatic hydroxyl groups excluding tert-OH is 1. The minimum atomic E-state index is -0.157. The van der Waals surface area contributed by atoms with Crippen molar-refractivity contribution in [2.24, 2.45) is 5.92 Å². The van der Waals surface area contributed by atoms with E-state index in [0.29, 0.717) is 6.04 Å². The number of nitrogens with zero attached hydrogens (tertiary/aromatic N) is 1. The molecule has 0 aliphatic carbocycles. The van der Waals surface area contributed by atoms with E-state index in [4.69, 9.17) is 0 Å². The van der Waals surface area contributed by atoms with Gasteiger partial charge in [0.05, 0.1) is 6.10 Å². The summed E-state index contributed by atoms with van der Waals surface area (Å²) in [6, 6.07) is 0.552. The highest BCUT2D eigenvalue weighted by Crippen LogP contribution is 2.22. The zero-order valence-electron chi connectivity index (χ0n) is 9.16. The number of hydrogen-bond donors (Lipinski definition) is 1. The van der Waals surface area contributed by atoms with Gasteiger partial charge in [0.2, 0.25) is 0 Å². The molecule has 1 aliphatic heterocycles. The zero-order valence-corrected chi connectivity index (χ0v) is 9.16. The van der Waals surface area contributed by atoms with Crippen LogP contribution in [0.15, 0.2) is 0 Å². The topological polar surface area (TPSA) is 23.5 Å². The van der Waals surface area contributed by atoms with Crippen molar-refractivity contribution in [1.82, 2.24) is 4.90 Å². The summed E-state index contributed by atoms with van der Waals surface area (Å²) in [5, 5.41) is 9.28. The van der Waals surface area contributed by atoms with Crippen molar-refractivity contribution in [3.05, 3.63) is 0 Å². The summed E-state index contributed by atoms with van der Waals surface area (Å²) in [7, 11) is 0. The van der Waals surface area contributed by atoms with Crippen LogP contribution in [0.2, 0.25) is 0 Å². The van der Waals surface area contributed by atoms with Gasteiger partial charge in [-0.25, -0.2) is 0 Å². The first-order chi connectivity index (χ1) is 6.13. The van der Waals surface area contributed by atoms with Crippen LogP contribution in [0.25, 0.3) is 0 Å². The van der Waals surface area contributed by atoms with Crippen molar-refractivity contribution in [2.45, 2.75) is 52.2 Å². The van der Waals surface area contributed by atoms with E-state index >= 15 is 0 Å². The lowest BCUT2D eigenvalue weighted by Gasteiger charge is -2.25. The van der Waals surface area contributed by atoms with E-state index in [-0.39, 0.29) is 6.10 Å². The second-order valence-electron chi connectivity index (χ2n) is 4.49. The van der Waals surface area contributed by atoms with Crippen LogP contribution < -0.4 is 0 Å². The van der Waals surface area contributed by atoms with Gasteiger partial charge in [-0.2, -0.15) is 0 Å². The van der Waals surface area contributed by atoms with Gasteiger partial charge >= 0.3 is 0 Å². The van der Waals surface area contributed by atoms with Crippen molar-refractivity contribution in [1.29, 1.82) is 0 Å². The molecule has 1 rings (SSSR count). The van der Waals surface area contributed by atoms with Gasteiger partial charge in [-0.05, 0) is 39.2 Å². The molecule has 0 saturated carbocycles. The highest BCUT2D eigenvalue weighted by Gasteiger charge is 2.25. The predicted molar refractivity (Wildman–Crippen MR) is 55.7 cm³/mol. The molecule has 1 saturated heterocycles. The Kier molecular flexibility index (Phi) is 4.20. The summed E-state index contributed by atoms with van der Waals surface area (Å²) in [4.78, 5) is 2.51. The van der Waals surface area contributed by atoms with Crippen LogP contribution >= 0.6 is 0 Å². The molecular weight excluding hydrogens is 162 g/mol. The maximum atomic E-state index is 9.28. The maximum Gasteiger partial charge on any atom is 0.0526 e. The van der Waals surface area contributed by atoms with Crippen molar-refractivity contribution >= 4 is 0 Å². The number of rotatable bonds is 4. The summed E-state index contributed by atoms with van der Waals surface area (Å²) in [6.07, 6.45) is 3.41. The molecule has 0 spiro atoms. The molecule has 0 amide bonds. The van der Waals surface area contributed by atoms with Gasteiger partial charge in [0.15, 0.2) is 0 Å². The molecule has 1 heterocycles. The Morgan fingerprint density at radius 1 is 1.46 bits per heavy atom. The monoisotopic (exact) mass is 185 g/mol. The van der Waals surface area contributed by atoms with Gasteiger partial charge in [-0.1, -0.05) is 13.3 Å². The minimum Gasteiger partial charge on any atom is -0.393 e. The molecule has 2 nitrogen and oxygen atoms in total. The first kappa shape index (κ1) is 11.0. The lowest BCUT2D eigenvalue weighted by atomic mass is 10.1. The van der Waals surface area contributed by atoms with E-state index in [1.54, 1.807) is 0 Å². The van der Waals surface area contributed by atoms with Crippen molar-refractivity contribution in [3.8, 4) is 0 Å². The van der Waals surface area contributed by atoms with Crippen molar-refractivity contribution < 1.29 is 5.11 Å². The molecule has 3 atom stereocenters. The smallest absolute Gasteiger partial charge is 0.0526 e. The Hall–Kier alpha value is -0.0800. The van der Waals surface area contributed by atoms with Gasteiger partial charge in [0.25, 0.3) is 0 Å². The molecule has 1 aliphatic rings. The highest BCUT2D eigenvalue weighted by atomic mass is 16.3. The van der Waals surface area contributed by atoms with Crippen LogP contribution in [0, 0.1) is 5.92 Å². The molecule has 78 valence electrons. The summed E-state index contributed by atoms with van der Waals surface area (Å²) < 4.78 is 0. The third-order valence-electron chi connectivity index (χ3n) is 3.20.